The SMILES string of the molecule is COc1ccc(C)cc1NC(=O)[C@@H]1CC(=O)N(c2ccccc2OC)C1. The van der Waals surface area contributed by atoms with Crippen LogP contribution in [-0.4, -0.2) is 32.6 Å². The van der Waals surface area contributed by atoms with E-state index in [-0.39, 0.29) is 18.2 Å². The second-order valence-corrected chi connectivity index (χ2v) is 6.27. The van der Waals surface area contributed by atoms with Crippen LogP contribution >= 0.6 is 0 Å². The molecule has 6 nitrogen and oxygen atoms in total. The van der Waals surface area contributed by atoms with Crippen molar-refractivity contribution in [1.29, 1.82) is 0 Å². The molecule has 2 aromatic rings. The molecule has 1 N–H and O–H groups in total. The van der Waals surface area contributed by atoms with Gasteiger partial charge in [-0.1, -0.05) is 18.2 Å². The zero-order valence-corrected chi connectivity index (χ0v) is 15.1. The number of hydrogen-bond donors (Lipinski definition) is 1. The fourth-order valence-electron chi connectivity index (χ4n) is 3.12. The Morgan fingerprint density at radius 2 is 1.85 bits per heavy atom. The van der Waals surface area contributed by atoms with Gasteiger partial charge in [-0.2, -0.15) is 0 Å². The molecular formula is C20H22N2O4. The summed E-state index contributed by atoms with van der Waals surface area (Å²) in [5.41, 5.74) is 2.31. The number of para-hydroxylation sites is 2. The quantitative estimate of drug-likeness (QED) is 0.896. The van der Waals surface area contributed by atoms with Crippen molar-refractivity contribution in [2.24, 2.45) is 5.92 Å². The maximum absolute atomic E-state index is 12.7. The molecule has 2 amide bonds. The van der Waals surface area contributed by atoms with Crippen molar-refractivity contribution in [3.8, 4) is 11.5 Å². The number of carbonyl (C=O) groups excluding carboxylic acids is 2. The predicted octanol–water partition coefficient (Wildman–Crippen LogP) is 3.00. The Bertz CT molecular complexity index is 834. The van der Waals surface area contributed by atoms with E-state index in [1.54, 1.807) is 25.2 Å². The lowest BCUT2D eigenvalue weighted by Gasteiger charge is -2.19. The zero-order valence-electron chi connectivity index (χ0n) is 15.1. The Morgan fingerprint density at radius 3 is 2.58 bits per heavy atom. The van der Waals surface area contributed by atoms with E-state index in [9.17, 15) is 9.59 Å². The summed E-state index contributed by atoms with van der Waals surface area (Å²) in [6.07, 6.45) is 0.165. The zero-order chi connectivity index (χ0) is 18.7. The Morgan fingerprint density at radius 1 is 1.12 bits per heavy atom. The van der Waals surface area contributed by atoms with Crippen molar-refractivity contribution in [2.75, 3.05) is 31.0 Å². The van der Waals surface area contributed by atoms with Gasteiger partial charge in [-0.05, 0) is 36.8 Å². The summed E-state index contributed by atoms with van der Waals surface area (Å²) < 4.78 is 10.6. The predicted molar refractivity (Wildman–Crippen MR) is 99.8 cm³/mol. The number of anilines is 2. The van der Waals surface area contributed by atoms with E-state index in [0.29, 0.717) is 29.4 Å². The standard InChI is InChI=1S/C20H22N2O4/c1-13-8-9-17(25-2)15(10-13)21-20(24)14-11-19(23)22(12-14)16-6-4-5-7-18(16)26-3/h4-10,14H,11-12H2,1-3H3,(H,21,24)/t14-/m1/s1. The molecule has 1 fully saturated rings. The summed E-state index contributed by atoms with van der Waals surface area (Å²) in [5, 5.41) is 2.89. The topological polar surface area (TPSA) is 67.9 Å². The van der Waals surface area contributed by atoms with Gasteiger partial charge in [0.1, 0.15) is 11.5 Å². The van der Waals surface area contributed by atoms with E-state index in [1.807, 2.05) is 43.3 Å². The van der Waals surface area contributed by atoms with Crippen LogP contribution in [0.3, 0.4) is 0 Å². The Balaban J connectivity index is 1.76. The fraction of sp³-hybridized carbons (Fsp3) is 0.300. The van der Waals surface area contributed by atoms with Gasteiger partial charge < -0.3 is 19.7 Å². The summed E-state index contributed by atoms with van der Waals surface area (Å²) in [6.45, 7) is 2.26. The molecule has 136 valence electrons. The highest BCUT2D eigenvalue weighted by molar-refractivity contribution is 6.04. The maximum atomic E-state index is 12.7. The van der Waals surface area contributed by atoms with Gasteiger partial charge in [0.2, 0.25) is 11.8 Å². The normalized spacial score (nSPS) is 16.5. The van der Waals surface area contributed by atoms with E-state index in [1.165, 1.54) is 0 Å². The van der Waals surface area contributed by atoms with Gasteiger partial charge in [0.05, 0.1) is 31.5 Å². The minimum absolute atomic E-state index is 0.0918. The molecule has 3 rings (SSSR count). The van der Waals surface area contributed by atoms with Gasteiger partial charge in [-0.25, -0.2) is 0 Å². The van der Waals surface area contributed by atoms with Crippen molar-refractivity contribution >= 4 is 23.2 Å². The first-order valence-corrected chi connectivity index (χ1v) is 8.42. The summed E-state index contributed by atoms with van der Waals surface area (Å²) in [4.78, 5) is 26.8. The van der Waals surface area contributed by atoms with Gasteiger partial charge in [0.15, 0.2) is 0 Å². The fourth-order valence-corrected chi connectivity index (χ4v) is 3.12. The molecule has 0 bridgehead atoms. The molecule has 6 heteroatoms. The van der Waals surface area contributed by atoms with Crippen LogP contribution in [0, 0.1) is 12.8 Å². The highest BCUT2D eigenvalue weighted by Gasteiger charge is 2.36. The molecule has 1 aliphatic rings. The van der Waals surface area contributed by atoms with E-state index in [0.717, 1.165) is 5.56 Å². The third-order valence-electron chi connectivity index (χ3n) is 4.48. The summed E-state index contributed by atoms with van der Waals surface area (Å²) in [5.74, 6) is 0.486. The van der Waals surface area contributed by atoms with E-state index in [4.69, 9.17) is 9.47 Å². The Hall–Kier alpha value is -3.02. The van der Waals surface area contributed by atoms with Gasteiger partial charge in [0, 0.05) is 13.0 Å². The number of carbonyl (C=O) groups is 2. The Kier molecular flexibility index (Phi) is 5.11. The average molecular weight is 354 g/mol. The van der Waals surface area contributed by atoms with Crippen molar-refractivity contribution in [3.63, 3.8) is 0 Å². The number of aryl methyl sites for hydroxylation is 1. The monoisotopic (exact) mass is 354 g/mol. The minimum Gasteiger partial charge on any atom is -0.495 e. The number of nitrogens with zero attached hydrogens (tertiary/aromatic N) is 1. The molecule has 1 atom stereocenters. The number of benzene rings is 2. The number of methoxy groups -OCH3 is 2. The molecule has 0 unspecified atom stereocenters. The highest BCUT2D eigenvalue weighted by Crippen LogP contribution is 2.33. The summed E-state index contributed by atoms with van der Waals surface area (Å²) >= 11 is 0. The van der Waals surface area contributed by atoms with E-state index < -0.39 is 5.92 Å². The van der Waals surface area contributed by atoms with Crippen LogP contribution in [0.1, 0.15) is 12.0 Å². The molecule has 0 spiro atoms. The second-order valence-electron chi connectivity index (χ2n) is 6.27. The lowest BCUT2D eigenvalue weighted by Crippen LogP contribution is -2.28. The largest absolute Gasteiger partial charge is 0.495 e. The number of hydrogen-bond acceptors (Lipinski definition) is 4. The van der Waals surface area contributed by atoms with Crippen molar-refractivity contribution < 1.29 is 19.1 Å². The third-order valence-corrected chi connectivity index (χ3v) is 4.48. The van der Waals surface area contributed by atoms with Gasteiger partial charge >= 0.3 is 0 Å². The molecule has 1 heterocycles. The Labute approximate surface area is 152 Å². The van der Waals surface area contributed by atoms with Crippen LogP contribution in [-0.2, 0) is 9.59 Å². The van der Waals surface area contributed by atoms with Crippen LogP contribution in [0.15, 0.2) is 42.5 Å². The molecule has 1 aliphatic heterocycles. The van der Waals surface area contributed by atoms with Crippen molar-refractivity contribution in [3.05, 3.63) is 48.0 Å². The summed E-state index contributed by atoms with van der Waals surface area (Å²) in [7, 11) is 3.12. The van der Waals surface area contributed by atoms with Gasteiger partial charge in [-0.3, -0.25) is 9.59 Å². The van der Waals surface area contributed by atoms with Crippen LogP contribution in [0.4, 0.5) is 11.4 Å². The molecular weight excluding hydrogens is 332 g/mol. The lowest BCUT2D eigenvalue weighted by molar-refractivity contribution is -0.122. The molecule has 0 saturated carbocycles. The molecule has 0 radical (unpaired) electrons. The minimum atomic E-state index is -0.433. The molecule has 2 aromatic carbocycles. The molecule has 0 aliphatic carbocycles. The lowest BCUT2D eigenvalue weighted by atomic mass is 10.1. The van der Waals surface area contributed by atoms with Crippen molar-refractivity contribution in [2.45, 2.75) is 13.3 Å². The van der Waals surface area contributed by atoms with Crippen LogP contribution in [0.5, 0.6) is 11.5 Å². The molecule has 26 heavy (non-hydrogen) atoms. The first-order chi connectivity index (χ1) is 12.5. The van der Waals surface area contributed by atoms with Crippen LogP contribution in [0.25, 0.3) is 0 Å². The number of nitrogens with one attached hydrogen (secondary N) is 1. The van der Waals surface area contributed by atoms with Crippen LogP contribution < -0.4 is 19.7 Å². The second kappa shape index (κ2) is 7.47. The molecule has 1 saturated heterocycles. The number of ether oxygens (including phenoxy) is 2. The van der Waals surface area contributed by atoms with Gasteiger partial charge in [0.25, 0.3) is 0 Å². The number of rotatable bonds is 5. The smallest absolute Gasteiger partial charge is 0.229 e. The first kappa shape index (κ1) is 17.8. The maximum Gasteiger partial charge on any atom is 0.229 e. The van der Waals surface area contributed by atoms with E-state index >= 15 is 0 Å². The average Bonchev–Trinajstić information content (AvgIpc) is 3.03. The molecule has 0 aromatic heterocycles. The van der Waals surface area contributed by atoms with Crippen LogP contribution in [0.2, 0.25) is 0 Å². The summed E-state index contributed by atoms with van der Waals surface area (Å²) in [6, 6.07) is 12.9. The van der Waals surface area contributed by atoms with Gasteiger partial charge in [-0.15, -0.1) is 0 Å². The number of amides is 2. The third kappa shape index (κ3) is 3.49. The highest BCUT2D eigenvalue weighted by atomic mass is 16.5. The van der Waals surface area contributed by atoms with Crippen molar-refractivity contribution in [1.82, 2.24) is 0 Å². The first-order valence-electron chi connectivity index (χ1n) is 8.42. The van der Waals surface area contributed by atoms with E-state index in [2.05, 4.69) is 5.32 Å².